The van der Waals surface area contributed by atoms with Crippen LogP contribution in [0.1, 0.15) is 26.8 Å². The first-order valence-corrected chi connectivity index (χ1v) is 10.1. The third kappa shape index (κ3) is 4.24. The molecule has 1 aliphatic heterocycles. The van der Waals surface area contributed by atoms with E-state index in [0.29, 0.717) is 5.56 Å². The van der Waals surface area contributed by atoms with Gasteiger partial charge in [-0.3, -0.25) is 4.79 Å². The second-order valence-electron chi connectivity index (χ2n) is 6.62. The number of nitrogens with one attached hydrogen (secondary N) is 1. The number of amides is 1. The Morgan fingerprint density at radius 3 is 2.39 bits per heavy atom. The van der Waals surface area contributed by atoms with Crippen LogP contribution in [0.5, 0.6) is 0 Å². The van der Waals surface area contributed by atoms with Gasteiger partial charge in [0.25, 0.3) is 5.91 Å². The van der Waals surface area contributed by atoms with Gasteiger partial charge in [0.15, 0.2) is 0 Å². The highest BCUT2D eigenvalue weighted by Crippen LogP contribution is 2.27. The first-order chi connectivity index (χ1) is 13.7. The number of halogens is 1. The lowest BCUT2D eigenvalue weighted by molar-refractivity contribution is 0.0943. The fourth-order valence-electron chi connectivity index (χ4n) is 3.29. The van der Waals surface area contributed by atoms with Crippen LogP contribution in [0.4, 0.5) is 10.1 Å². The minimum atomic E-state index is -0.313. The molecule has 2 aromatic carbocycles. The summed E-state index contributed by atoms with van der Waals surface area (Å²) in [4.78, 5) is 16.1. The number of morpholine rings is 1. The predicted octanol–water partition coefficient (Wildman–Crippen LogP) is 4.24. The van der Waals surface area contributed by atoms with E-state index in [4.69, 9.17) is 4.74 Å². The van der Waals surface area contributed by atoms with Crippen molar-refractivity contribution in [3.05, 3.63) is 87.9 Å². The van der Waals surface area contributed by atoms with Crippen molar-refractivity contribution >= 4 is 22.9 Å². The van der Waals surface area contributed by atoms with Crippen LogP contribution in [0.2, 0.25) is 0 Å². The van der Waals surface area contributed by atoms with Gasteiger partial charge in [0.05, 0.1) is 19.3 Å². The van der Waals surface area contributed by atoms with Gasteiger partial charge in [-0.25, -0.2) is 4.39 Å². The second-order valence-corrected chi connectivity index (χ2v) is 7.60. The van der Waals surface area contributed by atoms with Crippen molar-refractivity contribution in [1.82, 2.24) is 5.32 Å². The van der Waals surface area contributed by atoms with Crippen molar-refractivity contribution < 1.29 is 13.9 Å². The maximum Gasteiger partial charge on any atom is 0.252 e. The number of carbonyl (C=O) groups is 1. The molecule has 0 saturated carbocycles. The lowest BCUT2D eigenvalue weighted by atomic mass is 10.0. The fourth-order valence-corrected chi connectivity index (χ4v) is 4.09. The van der Waals surface area contributed by atoms with E-state index in [9.17, 15) is 9.18 Å². The molecule has 1 atom stereocenters. The highest BCUT2D eigenvalue weighted by Gasteiger charge is 2.19. The number of ether oxygens (including phenoxy) is 1. The van der Waals surface area contributed by atoms with Crippen LogP contribution < -0.4 is 10.2 Å². The minimum Gasteiger partial charge on any atom is -0.378 e. The summed E-state index contributed by atoms with van der Waals surface area (Å²) < 4.78 is 18.7. The lowest BCUT2D eigenvalue weighted by Gasteiger charge is -2.29. The molecule has 1 unspecified atom stereocenters. The SMILES string of the molecule is O=C(NC(c1ccc(F)cc1)c1cccs1)c1ccc(N2CCOCC2)cc1. The molecule has 0 spiro atoms. The van der Waals surface area contributed by atoms with Crippen LogP contribution in [0, 0.1) is 5.82 Å². The summed E-state index contributed by atoms with van der Waals surface area (Å²) in [6.07, 6.45) is 0. The summed E-state index contributed by atoms with van der Waals surface area (Å²) in [5, 5.41) is 5.05. The van der Waals surface area contributed by atoms with E-state index in [1.165, 1.54) is 12.1 Å². The zero-order chi connectivity index (χ0) is 19.3. The number of carbonyl (C=O) groups excluding carboxylic acids is 1. The van der Waals surface area contributed by atoms with Gasteiger partial charge in [0.2, 0.25) is 0 Å². The molecule has 3 aromatic rings. The van der Waals surface area contributed by atoms with E-state index in [1.807, 2.05) is 41.8 Å². The summed E-state index contributed by atoms with van der Waals surface area (Å²) in [5.74, 6) is -0.449. The van der Waals surface area contributed by atoms with Crippen LogP contribution in [-0.4, -0.2) is 32.2 Å². The van der Waals surface area contributed by atoms with Gasteiger partial charge in [-0.1, -0.05) is 18.2 Å². The molecule has 144 valence electrons. The first kappa shape index (κ1) is 18.7. The topological polar surface area (TPSA) is 41.6 Å². The molecule has 1 N–H and O–H groups in total. The normalized spacial score (nSPS) is 15.2. The van der Waals surface area contributed by atoms with Crippen molar-refractivity contribution in [3.8, 4) is 0 Å². The lowest BCUT2D eigenvalue weighted by Crippen LogP contribution is -2.36. The highest BCUT2D eigenvalue weighted by atomic mass is 32.1. The maximum absolute atomic E-state index is 13.3. The molecular formula is C22H21FN2O2S. The zero-order valence-electron chi connectivity index (χ0n) is 15.3. The molecular weight excluding hydrogens is 375 g/mol. The Hall–Kier alpha value is -2.70. The zero-order valence-corrected chi connectivity index (χ0v) is 16.1. The molecule has 1 aliphatic rings. The molecule has 4 rings (SSSR count). The molecule has 1 fully saturated rings. The minimum absolute atomic E-state index is 0.156. The Balaban J connectivity index is 1.52. The summed E-state index contributed by atoms with van der Waals surface area (Å²) >= 11 is 1.56. The van der Waals surface area contributed by atoms with Crippen molar-refractivity contribution in [3.63, 3.8) is 0 Å². The number of nitrogens with zero attached hydrogens (tertiary/aromatic N) is 1. The van der Waals surface area contributed by atoms with E-state index < -0.39 is 0 Å². The van der Waals surface area contributed by atoms with Crippen molar-refractivity contribution in [1.29, 1.82) is 0 Å². The van der Waals surface area contributed by atoms with Gasteiger partial charge < -0.3 is 15.0 Å². The van der Waals surface area contributed by atoms with E-state index in [1.54, 1.807) is 23.5 Å². The highest BCUT2D eigenvalue weighted by molar-refractivity contribution is 7.10. The molecule has 2 heterocycles. The first-order valence-electron chi connectivity index (χ1n) is 9.23. The molecule has 1 saturated heterocycles. The van der Waals surface area contributed by atoms with E-state index in [2.05, 4.69) is 10.2 Å². The van der Waals surface area contributed by atoms with Crippen LogP contribution >= 0.6 is 11.3 Å². The van der Waals surface area contributed by atoms with Crippen molar-refractivity contribution in [2.75, 3.05) is 31.2 Å². The second kappa shape index (κ2) is 8.54. The fraction of sp³-hybridized carbons (Fsp3) is 0.227. The van der Waals surface area contributed by atoms with Crippen LogP contribution in [0.25, 0.3) is 0 Å². The van der Waals surface area contributed by atoms with Crippen LogP contribution in [0.3, 0.4) is 0 Å². The Labute approximate surface area is 167 Å². The summed E-state index contributed by atoms with van der Waals surface area (Å²) in [6.45, 7) is 3.16. The Kier molecular flexibility index (Phi) is 5.69. The molecule has 1 aromatic heterocycles. The quantitative estimate of drug-likeness (QED) is 0.701. The number of hydrogen-bond donors (Lipinski definition) is 1. The number of rotatable bonds is 5. The number of anilines is 1. The Morgan fingerprint density at radius 2 is 1.75 bits per heavy atom. The molecule has 1 amide bonds. The predicted molar refractivity (Wildman–Crippen MR) is 110 cm³/mol. The number of benzene rings is 2. The van der Waals surface area contributed by atoms with Crippen LogP contribution in [-0.2, 0) is 4.74 Å². The molecule has 0 aliphatic carbocycles. The summed E-state index contributed by atoms with van der Waals surface area (Å²) in [7, 11) is 0. The number of hydrogen-bond acceptors (Lipinski definition) is 4. The van der Waals surface area contributed by atoms with Gasteiger partial charge >= 0.3 is 0 Å². The third-order valence-electron chi connectivity index (χ3n) is 4.81. The smallest absolute Gasteiger partial charge is 0.252 e. The third-order valence-corrected chi connectivity index (χ3v) is 5.75. The average molecular weight is 396 g/mol. The largest absolute Gasteiger partial charge is 0.378 e. The standard InChI is InChI=1S/C22H21FN2O2S/c23-18-7-3-16(4-8-18)21(20-2-1-15-28-20)24-22(26)17-5-9-19(10-6-17)25-11-13-27-14-12-25/h1-10,15,21H,11-14H2,(H,24,26). The average Bonchev–Trinajstić information content (AvgIpc) is 3.28. The summed E-state index contributed by atoms with van der Waals surface area (Å²) in [6, 6.07) is 17.5. The van der Waals surface area contributed by atoms with E-state index in [0.717, 1.165) is 42.4 Å². The molecule has 28 heavy (non-hydrogen) atoms. The van der Waals surface area contributed by atoms with Gasteiger partial charge in [-0.2, -0.15) is 0 Å². The molecule has 0 bridgehead atoms. The van der Waals surface area contributed by atoms with E-state index in [-0.39, 0.29) is 17.8 Å². The monoisotopic (exact) mass is 396 g/mol. The molecule has 0 radical (unpaired) electrons. The Bertz CT molecular complexity index is 905. The van der Waals surface area contributed by atoms with Crippen molar-refractivity contribution in [2.24, 2.45) is 0 Å². The maximum atomic E-state index is 13.3. The molecule has 4 nitrogen and oxygen atoms in total. The van der Waals surface area contributed by atoms with Gasteiger partial charge in [0.1, 0.15) is 5.82 Å². The summed E-state index contributed by atoms with van der Waals surface area (Å²) in [5.41, 5.74) is 2.54. The van der Waals surface area contributed by atoms with Gasteiger partial charge in [-0.05, 0) is 53.4 Å². The van der Waals surface area contributed by atoms with Crippen LogP contribution in [0.15, 0.2) is 66.0 Å². The Morgan fingerprint density at radius 1 is 1.04 bits per heavy atom. The van der Waals surface area contributed by atoms with Gasteiger partial charge in [-0.15, -0.1) is 11.3 Å². The molecule has 6 heteroatoms. The number of thiophene rings is 1. The van der Waals surface area contributed by atoms with Crippen molar-refractivity contribution in [2.45, 2.75) is 6.04 Å². The van der Waals surface area contributed by atoms with Gasteiger partial charge in [0, 0.05) is 29.2 Å². The van der Waals surface area contributed by atoms with E-state index >= 15 is 0 Å².